The van der Waals surface area contributed by atoms with Crippen molar-refractivity contribution >= 4 is 11.8 Å². The van der Waals surface area contributed by atoms with E-state index in [9.17, 15) is 15.3 Å². The highest BCUT2D eigenvalue weighted by Gasteiger charge is 2.29. The number of benzene rings is 3. The number of hydrogen-bond acceptors (Lipinski definition) is 8. The van der Waals surface area contributed by atoms with Crippen LogP contribution in [0, 0.1) is 0 Å². The maximum atomic E-state index is 10.8. The van der Waals surface area contributed by atoms with E-state index in [2.05, 4.69) is 53.3 Å². The molecule has 3 atom stereocenters. The van der Waals surface area contributed by atoms with Gasteiger partial charge in [-0.3, -0.25) is 4.57 Å². The van der Waals surface area contributed by atoms with Crippen molar-refractivity contribution in [3.63, 3.8) is 0 Å². The van der Waals surface area contributed by atoms with E-state index in [-0.39, 0.29) is 16.9 Å². The first-order chi connectivity index (χ1) is 19.2. The van der Waals surface area contributed by atoms with Crippen LogP contribution >= 0.6 is 11.8 Å². The Labute approximate surface area is 237 Å². The van der Waals surface area contributed by atoms with Crippen molar-refractivity contribution in [3.05, 3.63) is 102 Å². The fraction of sp³-hybridized carbons (Fsp3) is 0.267. The maximum absolute atomic E-state index is 10.8. The molecule has 3 aromatic carbocycles. The Morgan fingerprint density at radius 1 is 0.800 bits per heavy atom. The van der Waals surface area contributed by atoms with Crippen molar-refractivity contribution in [2.24, 2.45) is 0 Å². The Morgan fingerprint density at radius 2 is 1.43 bits per heavy atom. The van der Waals surface area contributed by atoms with Crippen molar-refractivity contribution in [3.8, 4) is 22.8 Å². The van der Waals surface area contributed by atoms with E-state index < -0.39 is 18.3 Å². The molecule has 2 heterocycles. The van der Waals surface area contributed by atoms with Gasteiger partial charge in [0.25, 0.3) is 0 Å². The van der Waals surface area contributed by atoms with Gasteiger partial charge in [0.2, 0.25) is 0 Å². The average Bonchev–Trinajstić information content (AvgIpc) is 3.64. The molecule has 0 aliphatic heterocycles. The number of aliphatic hydroxyl groups is 3. The first-order valence-corrected chi connectivity index (χ1v) is 14.0. The predicted octanol–water partition coefficient (Wildman–Crippen LogP) is 4.36. The molecule has 10 heteroatoms. The fourth-order valence-electron chi connectivity index (χ4n) is 4.22. The van der Waals surface area contributed by atoms with Crippen LogP contribution in [0.1, 0.15) is 38.1 Å². The molecule has 0 aliphatic carbocycles. The third-order valence-corrected chi connectivity index (χ3v) is 7.59. The molecule has 40 heavy (non-hydrogen) atoms. The molecule has 0 bridgehead atoms. The topological polar surface area (TPSA) is 122 Å². The van der Waals surface area contributed by atoms with Crippen molar-refractivity contribution in [1.29, 1.82) is 0 Å². The van der Waals surface area contributed by atoms with Crippen LogP contribution in [0.3, 0.4) is 0 Å². The van der Waals surface area contributed by atoms with Gasteiger partial charge in [-0.15, -0.1) is 10.2 Å². The van der Waals surface area contributed by atoms with E-state index in [0.29, 0.717) is 11.0 Å². The van der Waals surface area contributed by atoms with Gasteiger partial charge in [-0.05, 0) is 35.2 Å². The zero-order valence-electron chi connectivity index (χ0n) is 22.5. The summed E-state index contributed by atoms with van der Waals surface area (Å²) in [6, 6.07) is 27.3. The molecular weight excluding hydrogens is 524 g/mol. The van der Waals surface area contributed by atoms with Crippen LogP contribution in [0.15, 0.2) is 96.3 Å². The molecule has 0 spiro atoms. The van der Waals surface area contributed by atoms with E-state index in [1.165, 1.54) is 28.3 Å². The SMILES string of the molecule is CC(C)(C)c1ccc(-c2nnc(SC[C@H](O)[C@@H](O)[C@H](O)c3cnn(-c4ccccc4)n3)n2-c2ccccc2)cc1. The van der Waals surface area contributed by atoms with Crippen molar-refractivity contribution in [2.45, 2.75) is 49.7 Å². The van der Waals surface area contributed by atoms with Gasteiger partial charge in [-0.25, -0.2) is 0 Å². The molecule has 0 fully saturated rings. The minimum absolute atomic E-state index is 0.0317. The average molecular weight is 557 g/mol. The van der Waals surface area contributed by atoms with Crippen molar-refractivity contribution < 1.29 is 15.3 Å². The molecule has 0 unspecified atom stereocenters. The molecule has 0 aliphatic rings. The Hall–Kier alpha value is -3.83. The summed E-state index contributed by atoms with van der Waals surface area (Å²) in [5.74, 6) is 0.737. The summed E-state index contributed by atoms with van der Waals surface area (Å²) in [6.07, 6.45) is -2.79. The second kappa shape index (κ2) is 11.7. The van der Waals surface area contributed by atoms with Crippen LogP contribution in [0.25, 0.3) is 22.8 Å². The van der Waals surface area contributed by atoms with Crippen LogP contribution in [-0.4, -0.2) is 63.0 Å². The number of aliphatic hydroxyl groups excluding tert-OH is 3. The highest BCUT2D eigenvalue weighted by molar-refractivity contribution is 7.99. The van der Waals surface area contributed by atoms with Gasteiger partial charge in [-0.1, -0.05) is 93.2 Å². The lowest BCUT2D eigenvalue weighted by Gasteiger charge is -2.21. The Kier molecular flexibility index (Phi) is 8.13. The Balaban J connectivity index is 1.33. The summed E-state index contributed by atoms with van der Waals surface area (Å²) in [5, 5.41) is 50.1. The summed E-state index contributed by atoms with van der Waals surface area (Å²) in [5.41, 5.74) is 3.91. The molecule has 3 N–H and O–H groups in total. The molecule has 5 aromatic rings. The number of nitrogens with zero attached hydrogens (tertiary/aromatic N) is 6. The predicted molar refractivity (Wildman–Crippen MR) is 155 cm³/mol. The molecule has 206 valence electrons. The summed E-state index contributed by atoms with van der Waals surface area (Å²) >= 11 is 1.24. The lowest BCUT2D eigenvalue weighted by atomic mass is 9.87. The van der Waals surface area contributed by atoms with E-state index >= 15 is 0 Å². The minimum atomic E-state index is -1.48. The van der Waals surface area contributed by atoms with E-state index in [0.717, 1.165) is 16.9 Å². The Morgan fingerprint density at radius 3 is 2.05 bits per heavy atom. The second-order valence-corrected chi connectivity index (χ2v) is 11.5. The van der Waals surface area contributed by atoms with Crippen LogP contribution < -0.4 is 0 Å². The molecule has 0 saturated heterocycles. The quantitative estimate of drug-likeness (QED) is 0.229. The van der Waals surface area contributed by atoms with Gasteiger partial charge < -0.3 is 15.3 Å². The van der Waals surface area contributed by atoms with Crippen LogP contribution in [0.4, 0.5) is 0 Å². The second-order valence-electron chi connectivity index (χ2n) is 10.5. The number of para-hydroxylation sites is 2. The summed E-state index contributed by atoms with van der Waals surface area (Å²) < 4.78 is 1.93. The zero-order valence-corrected chi connectivity index (χ0v) is 23.3. The van der Waals surface area contributed by atoms with Crippen LogP contribution in [-0.2, 0) is 5.41 Å². The molecule has 9 nitrogen and oxygen atoms in total. The number of aromatic nitrogens is 6. The fourth-order valence-corrected chi connectivity index (χ4v) is 5.16. The summed E-state index contributed by atoms with van der Waals surface area (Å²) in [6.45, 7) is 6.52. The summed E-state index contributed by atoms with van der Waals surface area (Å²) in [4.78, 5) is 1.37. The number of rotatable bonds is 9. The number of hydrogen-bond donors (Lipinski definition) is 3. The zero-order chi connectivity index (χ0) is 28.3. The van der Waals surface area contributed by atoms with Crippen molar-refractivity contribution in [2.75, 3.05) is 5.75 Å². The summed E-state index contributed by atoms with van der Waals surface area (Å²) in [7, 11) is 0. The normalized spacial score (nSPS) is 14.2. The first kappa shape index (κ1) is 27.7. The van der Waals surface area contributed by atoms with Gasteiger partial charge in [0.05, 0.1) is 18.0 Å². The standard InChI is InChI=1S/C30H32N6O3S/c1-30(2,3)21-16-14-20(15-17-21)28-32-33-29(35(28)22-10-6-4-7-11-22)40-19-25(37)27(39)26(38)24-18-31-36(34-24)23-12-8-5-9-13-23/h4-18,25-27,37-39H,19H2,1-3H3/t25-,26+,27+/m0/s1. The van der Waals surface area contributed by atoms with Gasteiger partial charge in [0.1, 0.15) is 17.9 Å². The van der Waals surface area contributed by atoms with Gasteiger partial charge in [0.15, 0.2) is 11.0 Å². The van der Waals surface area contributed by atoms with Gasteiger partial charge in [-0.2, -0.15) is 15.0 Å². The van der Waals surface area contributed by atoms with E-state index in [1.807, 2.05) is 77.4 Å². The number of thioether (sulfide) groups is 1. The van der Waals surface area contributed by atoms with E-state index in [4.69, 9.17) is 0 Å². The van der Waals surface area contributed by atoms with Crippen LogP contribution in [0.2, 0.25) is 0 Å². The first-order valence-electron chi connectivity index (χ1n) is 13.0. The van der Waals surface area contributed by atoms with Crippen molar-refractivity contribution in [1.82, 2.24) is 29.8 Å². The highest BCUT2D eigenvalue weighted by atomic mass is 32.2. The van der Waals surface area contributed by atoms with E-state index in [1.54, 1.807) is 0 Å². The minimum Gasteiger partial charge on any atom is -0.389 e. The third kappa shape index (κ3) is 6.00. The molecule has 2 aromatic heterocycles. The lowest BCUT2D eigenvalue weighted by Crippen LogP contribution is -2.34. The lowest BCUT2D eigenvalue weighted by molar-refractivity contribution is -0.0531. The smallest absolute Gasteiger partial charge is 0.196 e. The maximum Gasteiger partial charge on any atom is 0.196 e. The molecular formula is C30H32N6O3S. The molecule has 0 saturated carbocycles. The third-order valence-electron chi connectivity index (χ3n) is 6.56. The van der Waals surface area contributed by atoms with Gasteiger partial charge >= 0.3 is 0 Å². The van der Waals surface area contributed by atoms with Crippen LogP contribution in [0.5, 0.6) is 0 Å². The Bertz CT molecular complexity index is 1530. The highest BCUT2D eigenvalue weighted by Crippen LogP contribution is 2.31. The molecule has 0 radical (unpaired) electrons. The van der Waals surface area contributed by atoms with Gasteiger partial charge in [0, 0.05) is 17.0 Å². The largest absolute Gasteiger partial charge is 0.389 e. The monoisotopic (exact) mass is 556 g/mol. The molecule has 0 amide bonds. The molecule has 5 rings (SSSR count).